The number of ether oxygens (including phenoxy) is 3. The molecule has 2 atom stereocenters. The van der Waals surface area contributed by atoms with Gasteiger partial charge >= 0.3 is 0 Å². The number of para-hydroxylation sites is 1. The van der Waals surface area contributed by atoms with Crippen LogP contribution < -0.4 is 24.8 Å². The molecule has 12 heteroatoms. The van der Waals surface area contributed by atoms with E-state index in [9.17, 15) is 14.4 Å². The number of methoxy groups -OCH3 is 1. The Morgan fingerprint density at radius 1 is 0.932 bits per heavy atom. The summed E-state index contributed by atoms with van der Waals surface area (Å²) in [5.41, 5.74) is 2.90. The van der Waals surface area contributed by atoms with Crippen molar-refractivity contribution in [3.05, 3.63) is 96.1 Å². The first-order valence-electron chi connectivity index (χ1n) is 14.3. The molecule has 4 aromatic rings. The van der Waals surface area contributed by atoms with Crippen LogP contribution in [-0.4, -0.2) is 76.3 Å². The number of carbonyl (C=O) groups is 3. The molecule has 3 aromatic carbocycles. The molecule has 1 saturated heterocycles. The summed E-state index contributed by atoms with van der Waals surface area (Å²) in [6, 6.07) is 19.5. The van der Waals surface area contributed by atoms with Crippen molar-refractivity contribution in [2.45, 2.75) is 31.5 Å². The van der Waals surface area contributed by atoms with E-state index < -0.39 is 12.1 Å². The fraction of sp³-hybridized carbons (Fsp3) is 0.281. The van der Waals surface area contributed by atoms with E-state index >= 15 is 0 Å². The number of nitrogens with zero attached hydrogens (tertiary/aromatic N) is 4. The minimum Gasteiger partial charge on any atom is -0.493 e. The molecule has 0 unspecified atom stereocenters. The lowest BCUT2D eigenvalue weighted by atomic mass is 10.1. The average Bonchev–Trinajstić information content (AvgIpc) is 3.73. The molecule has 9 rings (SSSR count). The summed E-state index contributed by atoms with van der Waals surface area (Å²) in [7, 11) is 1.53. The molecule has 44 heavy (non-hydrogen) atoms. The minimum atomic E-state index is -0.488. The molecule has 0 aliphatic carbocycles. The van der Waals surface area contributed by atoms with Crippen molar-refractivity contribution in [2.75, 3.05) is 26.8 Å². The third-order valence-electron chi connectivity index (χ3n) is 7.66. The lowest BCUT2D eigenvalue weighted by Gasteiger charge is -2.21. The van der Waals surface area contributed by atoms with Crippen molar-refractivity contribution in [2.24, 2.45) is 0 Å². The Kier molecular flexibility index (Phi) is 8.39. The molecular formula is C32H32N6O6. The summed E-state index contributed by atoms with van der Waals surface area (Å²) >= 11 is 0. The van der Waals surface area contributed by atoms with Crippen LogP contribution in [0.2, 0.25) is 0 Å². The topological polar surface area (TPSA) is 137 Å². The van der Waals surface area contributed by atoms with E-state index in [1.807, 2.05) is 48.5 Å². The number of hydrogen-bond donors (Lipinski definition) is 2. The second-order valence-corrected chi connectivity index (χ2v) is 10.6. The summed E-state index contributed by atoms with van der Waals surface area (Å²) < 4.78 is 19.2. The molecule has 5 aliphatic rings. The zero-order valence-electron chi connectivity index (χ0n) is 24.1. The van der Waals surface area contributed by atoms with Gasteiger partial charge in [0.05, 0.1) is 30.9 Å². The normalized spacial score (nSPS) is 18.9. The Morgan fingerprint density at radius 3 is 2.50 bits per heavy atom. The van der Waals surface area contributed by atoms with E-state index in [2.05, 4.69) is 20.8 Å². The number of rotatable bonds is 3. The lowest BCUT2D eigenvalue weighted by Crippen LogP contribution is -2.45. The van der Waals surface area contributed by atoms with Crippen LogP contribution in [0.4, 0.5) is 0 Å². The number of hydrogen-bond acceptors (Lipinski definition) is 8. The van der Waals surface area contributed by atoms with Crippen molar-refractivity contribution in [3.63, 3.8) is 0 Å². The molecular weight excluding hydrogens is 564 g/mol. The van der Waals surface area contributed by atoms with Gasteiger partial charge in [-0.1, -0.05) is 30.3 Å². The summed E-state index contributed by atoms with van der Waals surface area (Å²) in [5, 5.41) is 13.7. The van der Waals surface area contributed by atoms with Crippen LogP contribution in [0.15, 0.2) is 79.4 Å². The van der Waals surface area contributed by atoms with Crippen LogP contribution in [0, 0.1) is 0 Å². The zero-order valence-corrected chi connectivity index (χ0v) is 24.1. The van der Waals surface area contributed by atoms with Gasteiger partial charge in [0.2, 0.25) is 5.91 Å². The lowest BCUT2D eigenvalue weighted by molar-refractivity contribution is -0.123. The van der Waals surface area contributed by atoms with E-state index in [0.717, 1.165) is 11.1 Å². The van der Waals surface area contributed by atoms with Gasteiger partial charge in [-0.25, -0.2) is 0 Å². The second-order valence-electron chi connectivity index (χ2n) is 10.6. The Labute approximate surface area is 253 Å². The van der Waals surface area contributed by atoms with Crippen LogP contribution in [0.1, 0.15) is 27.9 Å². The van der Waals surface area contributed by atoms with Crippen molar-refractivity contribution in [1.82, 2.24) is 30.3 Å². The molecule has 0 spiro atoms. The summed E-state index contributed by atoms with van der Waals surface area (Å²) in [6.45, 7) is 0.697. The number of likely N-dealkylation sites (tertiary alicyclic amines) is 1. The van der Waals surface area contributed by atoms with E-state index in [1.54, 1.807) is 40.3 Å². The SMILES string of the molecule is COc1cc2ccc1OCC(=O)NCc1ccc(cc1)O[C@H]1CN(C(=O)c3ccccc3-n3cnnc3)C[C@@H]1NC(=O)CC2. The maximum atomic E-state index is 13.8. The molecule has 12 nitrogen and oxygen atoms in total. The minimum absolute atomic E-state index is 0.163. The van der Waals surface area contributed by atoms with Crippen LogP contribution in [0.5, 0.6) is 17.2 Å². The molecule has 226 valence electrons. The smallest absolute Gasteiger partial charge is 0.258 e. The van der Waals surface area contributed by atoms with Gasteiger partial charge in [-0.15, -0.1) is 10.2 Å². The number of nitrogens with one attached hydrogen (secondary N) is 2. The van der Waals surface area contributed by atoms with Crippen LogP contribution in [0.25, 0.3) is 5.69 Å². The molecule has 1 aromatic heterocycles. The summed E-state index contributed by atoms with van der Waals surface area (Å²) in [6.07, 6.45) is 3.27. The predicted molar refractivity (Wildman–Crippen MR) is 159 cm³/mol. The van der Waals surface area contributed by atoms with Crippen LogP contribution in [-0.2, 0) is 22.6 Å². The highest BCUT2D eigenvalue weighted by Gasteiger charge is 2.38. The zero-order chi connectivity index (χ0) is 30.5. The van der Waals surface area contributed by atoms with Crippen LogP contribution in [0.3, 0.4) is 0 Å². The van der Waals surface area contributed by atoms with Gasteiger partial charge in [-0.2, -0.15) is 0 Å². The van der Waals surface area contributed by atoms with Crippen LogP contribution >= 0.6 is 0 Å². The fourth-order valence-corrected chi connectivity index (χ4v) is 5.35. The monoisotopic (exact) mass is 596 g/mol. The maximum absolute atomic E-state index is 13.8. The highest BCUT2D eigenvalue weighted by Crippen LogP contribution is 2.29. The van der Waals surface area contributed by atoms with Crippen molar-refractivity contribution in [1.29, 1.82) is 0 Å². The van der Waals surface area contributed by atoms with E-state index in [4.69, 9.17) is 14.2 Å². The van der Waals surface area contributed by atoms with Gasteiger partial charge in [0.15, 0.2) is 18.1 Å². The Hall–Kier alpha value is -5.39. The molecule has 5 aliphatic heterocycles. The number of benzene rings is 3. The Morgan fingerprint density at radius 2 is 1.70 bits per heavy atom. The highest BCUT2D eigenvalue weighted by atomic mass is 16.5. The standard InChI is InChI=1S/C32H32N6O6/c1-42-28-14-21-8-12-27(28)43-18-31(40)33-15-22-6-10-23(11-7-22)44-29-17-37(16-25(29)36-30(39)13-9-21)32(41)24-4-2-3-5-26(24)38-19-34-35-20-38/h2-8,10-12,14,19-20,25,29H,9,13,15-18H2,1H3,(H,33,40)(H,36,39)/t25-,29-/m0/s1. The van der Waals surface area contributed by atoms with Gasteiger partial charge in [0.25, 0.3) is 11.8 Å². The Bertz CT molecular complexity index is 1640. The highest BCUT2D eigenvalue weighted by molar-refractivity contribution is 5.98. The molecule has 1 fully saturated rings. The maximum Gasteiger partial charge on any atom is 0.258 e. The van der Waals surface area contributed by atoms with Crippen molar-refractivity contribution in [3.8, 4) is 22.9 Å². The summed E-state index contributed by atoms with van der Waals surface area (Å²) in [4.78, 5) is 41.1. The average molecular weight is 597 g/mol. The quantitative estimate of drug-likeness (QED) is 0.368. The van der Waals surface area contributed by atoms with Gasteiger partial charge < -0.3 is 29.7 Å². The predicted octanol–water partition coefficient (Wildman–Crippen LogP) is 2.31. The molecule has 0 saturated carbocycles. The third kappa shape index (κ3) is 6.48. The number of aromatic nitrogens is 3. The molecule has 4 bridgehead atoms. The first-order chi connectivity index (χ1) is 21.5. The summed E-state index contributed by atoms with van der Waals surface area (Å²) in [5.74, 6) is 0.885. The van der Waals surface area contributed by atoms with Gasteiger partial charge in [0, 0.05) is 19.5 Å². The first-order valence-corrected chi connectivity index (χ1v) is 14.3. The van der Waals surface area contributed by atoms with E-state index in [1.165, 1.54) is 7.11 Å². The van der Waals surface area contributed by atoms with Crippen molar-refractivity contribution < 1.29 is 28.6 Å². The van der Waals surface area contributed by atoms with Crippen molar-refractivity contribution >= 4 is 17.7 Å². The fourth-order valence-electron chi connectivity index (χ4n) is 5.35. The number of amides is 3. The second kappa shape index (κ2) is 12.9. The first kappa shape index (κ1) is 28.7. The van der Waals surface area contributed by atoms with Gasteiger partial charge in [-0.05, 0) is 53.9 Å². The van der Waals surface area contributed by atoms with Gasteiger partial charge in [0.1, 0.15) is 24.5 Å². The molecule has 0 radical (unpaired) electrons. The number of carbonyl (C=O) groups excluding carboxylic acids is 3. The largest absolute Gasteiger partial charge is 0.493 e. The Balaban J connectivity index is 1.25. The number of aryl methyl sites for hydroxylation is 1. The molecule has 2 N–H and O–H groups in total. The van der Waals surface area contributed by atoms with Gasteiger partial charge in [-0.3, -0.25) is 19.0 Å². The van der Waals surface area contributed by atoms with E-state index in [0.29, 0.717) is 41.5 Å². The van der Waals surface area contributed by atoms with E-state index in [-0.39, 0.29) is 43.8 Å². The third-order valence-corrected chi connectivity index (χ3v) is 7.66. The molecule has 6 heterocycles. The molecule has 3 amide bonds.